The van der Waals surface area contributed by atoms with Crippen molar-refractivity contribution in [3.05, 3.63) is 47.3 Å². The van der Waals surface area contributed by atoms with Crippen molar-refractivity contribution in [2.45, 2.75) is 13.8 Å². The lowest BCUT2D eigenvalue weighted by molar-refractivity contribution is 0.318. The summed E-state index contributed by atoms with van der Waals surface area (Å²) in [6.07, 6.45) is 0. The van der Waals surface area contributed by atoms with Gasteiger partial charge in [0.05, 0.1) is 0 Å². The molecule has 0 fully saturated rings. The van der Waals surface area contributed by atoms with Crippen LogP contribution in [0.1, 0.15) is 17.0 Å². The first-order chi connectivity index (χ1) is 9.08. The summed E-state index contributed by atoms with van der Waals surface area (Å²) in [4.78, 5) is 8.22. The monoisotopic (exact) mass is 258 g/mol. The summed E-state index contributed by atoms with van der Waals surface area (Å²) in [5.41, 5.74) is 7.62. The Morgan fingerprint density at radius 3 is 2.53 bits per heavy atom. The smallest absolute Gasteiger partial charge is 0.322 e. The molecule has 1 aromatic carbocycles. The Kier molecular flexibility index (Phi) is 3.61. The minimum Gasteiger partial charge on any atom is -0.424 e. The normalized spacial score (nSPS) is 11.4. The summed E-state index contributed by atoms with van der Waals surface area (Å²) in [6.45, 7) is 3.77. The number of nitrogens with two attached hydrogens (primary N) is 1. The fourth-order valence-electron chi connectivity index (χ4n) is 1.48. The van der Waals surface area contributed by atoms with Crippen molar-refractivity contribution in [2.24, 2.45) is 10.9 Å². The molecule has 2 rings (SSSR count). The van der Waals surface area contributed by atoms with Crippen molar-refractivity contribution in [2.75, 3.05) is 0 Å². The third-order valence-corrected chi connectivity index (χ3v) is 2.43. The van der Waals surface area contributed by atoms with Crippen LogP contribution < -0.4 is 10.5 Å². The van der Waals surface area contributed by atoms with Crippen molar-refractivity contribution >= 4 is 5.84 Å². The SMILES string of the molecule is Cc1ccc(Oc2nc(C)cc(/C(N)=N/O)n2)cc1. The molecule has 0 amide bonds. The first kappa shape index (κ1) is 12.8. The van der Waals surface area contributed by atoms with E-state index in [1.165, 1.54) is 0 Å². The molecule has 0 spiro atoms. The maximum atomic E-state index is 8.65. The predicted octanol–water partition coefficient (Wildman–Crippen LogP) is 1.98. The molecule has 0 aliphatic rings. The van der Waals surface area contributed by atoms with Crippen LogP contribution in [-0.4, -0.2) is 21.0 Å². The molecule has 98 valence electrons. The van der Waals surface area contributed by atoms with Gasteiger partial charge < -0.3 is 15.7 Å². The standard InChI is InChI=1S/C13H14N4O2/c1-8-3-5-10(6-4-8)19-13-15-9(2)7-11(16-13)12(14)17-18/h3-7,18H,1-2H3,(H2,14,17). The van der Waals surface area contributed by atoms with Crippen LogP contribution in [0.25, 0.3) is 0 Å². The van der Waals surface area contributed by atoms with E-state index in [1.807, 2.05) is 31.2 Å². The van der Waals surface area contributed by atoms with Crippen molar-refractivity contribution in [3.8, 4) is 11.8 Å². The van der Waals surface area contributed by atoms with E-state index in [0.717, 1.165) is 5.56 Å². The fraction of sp³-hybridized carbons (Fsp3) is 0.154. The highest BCUT2D eigenvalue weighted by Gasteiger charge is 2.08. The maximum absolute atomic E-state index is 8.65. The number of aromatic nitrogens is 2. The van der Waals surface area contributed by atoms with Crippen LogP contribution in [0.5, 0.6) is 11.8 Å². The second kappa shape index (κ2) is 5.34. The van der Waals surface area contributed by atoms with Gasteiger partial charge in [-0.05, 0) is 32.0 Å². The summed E-state index contributed by atoms with van der Waals surface area (Å²) in [7, 11) is 0. The lowest BCUT2D eigenvalue weighted by Crippen LogP contribution is -2.16. The Bertz CT molecular complexity index is 609. The van der Waals surface area contributed by atoms with E-state index >= 15 is 0 Å². The van der Waals surface area contributed by atoms with Crippen LogP contribution in [0.3, 0.4) is 0 Å². The first-order valence-corrected chi connectivity index (χ1v) is 5.66. The van der Waals surface area contributed by atoms with E-state index in [4.69, 9.17) is 15.7 Å². The zero-order chi connectivity index (χ0) is 13.8. The molecule has 0 saturated heterocycles. The zero-order valence-corrected chi connectivity index (χ0v) is 10.7. The van der Waals surface area contributed by atoms with E-state index < -0.39 is 0 Å². The largest absolute Gasteiger partial charge is 0.424 e. The van der Waals surface area contributed by atoms with Crippen LogP contribution >= 0.6 is 0 Å². The summed E-state index contributed by atoms with van der Waals surface area (Å²) in [6, 6.07) is 9.27. The van der Waals surface area contributed by atoms with Gasteiger partial charge in [-0.2, -0.15) is 4.98 Å². The number of ether oxygens (including phenoxy) is 1. The lowest BCUT2D eigenvalue weighted by Gasteiger charge is -2.06. The summed E-state index contributed by atoms with van der Waals surface area (Å²) >= 11 is 0. The van der Waals surface area contributed by atoms with E-state index in [0.29, 0.717) is 17.1 Å². The minimum atomic E-state index is -0.0840. The van der Waals surface area contributed by atoms with Gasteiger partial charge in [0.15, 0.2) is 5.84 Å². The number of oxime groups is 1. The van der Waals surface area contributed by atoms with Gasteiger partial charge in [-0.15, -0.1) is 0 Å². The van der Waals surface area contributed by atoms with Crippen LogP contribution in [0, 0.1) is 13.8 Å². The predicted molar refractivity (Wildman–Crippen MR) is 70.5 cm³/mol. The van der Waals surface area contributed by atoms with Crippen molar-refractivity contribution in [3.63, 3.8) is 0 Å². The van der Waals surface area contributed by atoms with Gasteiger partial charge in [0.1, 0.15) is 11.4 Å². The molecule has 2 aromatic rings. The first-order valence-electron chi connectivity index (χ1n) is 5.66. The average molecular weight is 258 g/mol. The number of amidine groups is 1. The third kappa shape index (κ3) is 3.19. The van der Waals surface area contributed by atoms with E-state index in [1.54, 1.807) is 13.0 Å². The van der Waals surface area contributed by atoms with Gasteiger partial charge in [-0.1, -0.05) is 22.9 Å². The number of benzene rings is 1. The van der Waals surface area contributed by atoms with Gasteiger partial charge in [-0.3, -0.25) is 0 Å². The van der Waals surface area contributed by atoms with Crippen molar-refractivity contribution in [1.82, 2.24) is 9.97 Å². The lowest BCUT2D eigenvalue weighted by atomic mass is 10.2. The van der Waals surface area contributed by atoms with Crippen LogP contribution in [-0.2, 0) is 0 Å². The molecule has 0 radical (unpaired) electrons. The van der Waals surface area contributed by atoms with Gasteiger partial charge in [0, 0.05) is 5.69 Å². The second-order valence-electron chi connectivity index (χ2n) is 4.08. The molecule has 1 heterocycles. The molecule has 6 nitrogen and oxygen atoms in total. The third-order valence-electron chi connectivity index (χ3n) is 2.43. The summed E-state index contributed by atoms with van der Waals surface area (Å²) < 4.78 is 5.54. The van der Waals surface area contributed by atoms with Gasteiger partial charge in [0.2, 0.25) is 0 Å². The van der Waals surface area contributed by atoms with Crippen LogP contribution in [0.15, 0.2) is 35.5 Å². The molecule has 0 unspecified atom stereocenters. The molecule has 3 N–H and O–H groups in total. The highest BCUT2D eigenvalue weighted by atomic mass is 16.5. The Hall–Kier alpha value is -2.63. The Morgan fingerprint density at radius 1 is 1.21 bits per heavy atom. The Labute approximate surface area is 110 Å². The topological polar surface area (TPSA) is 93.6 Å². The highest BCUT2D eigenvalue weighted by Crippen LogP contribution is 2.18. The summed E-state index contributed by atoms with van der Waals surface area (Å²) in [5, 5.41) is 11.6. The second-order valence-corrected chi connectivity index (χ2v) is 4.08. The molecule has 0 saturated carbocycles. The van der Waals surface area contributed by atoms with Crippen molar-refractivity contribution < 1.29 is 9.94 Å². The summed E-state index contributed by atoms with van der Waals surface area (Å²) in [5.74, 6) is 0.543. The molecular formula is C13H14N4O2. The van der Waals surface area contributed by atoms with Gasteiger partial charge in [0.25, 0.3) is 0 Å². The van der Waals surface area contributed by atoms with Crippen LogP contribution in [0.2, 0.25) is 0 Å². The van der Waals surface area contributed by atoms with E-state index in [2.05, 4.69) is 15.1 Å². The molecule has 0 bridgehead atoms. The van der Waals surface area contributed by atoms with Crippen LogP contribution in [0.4, 0.5) is 0 Å². The quantitative estimate of drug-likeness (QED) is 0.380. The number of rotatable bonds is 3. The van der Waals surface area contributed by atoms with Gasteiger partial charge >= 0.3 is 6.01 Å². The Morgan fingerprint density at radius 2 is 1.89 bits per heavy atom. The minimum absolute atomic E-state index is 0.0840. The van der Waals surface area contributed by atoms with E-state index in [9.17, 15) is 0 Å². The highest BCUT2D eigenvalue weighted by molar-refractivity contribution is 5.95. The number of aryl methyl sites for hydroxylation is 2. The molecular weight excluding hydrogens is 244 g/mol. The molecule has 0 aliphatic carbocycles. The number of nitrogens with zero attached hydrogens (tertiary/aromatic N) is 3. The van der Waals surface area contributed by atoms with Gasteiger partial charge in [-0.25, -0.2) is 4.98 Å². The fourth-order valence-corrected chi connectivity index (χ4v) is 1.48. The zero-order valence-electron chi connectivity index (χ0n) is 10.7. The van der Waals surface area contributed by atoms with E-state index in [-0.39, 0.29) is 11.8 Å². The molecule has 0 aliphatic heterocycles. The Balaban J connectivity index is 2.30. The molecule has 1 aromatic heterocycles. The maximum Gasteiger partial charge on any atom is 0.322 e. The molecule has 0 atom stereocenters. The molecule has 19 heavy (non-hydrogen) atoms. The average Bonchev–Trinajstić information content (AvgIpc) is 2.40. The number of hydrogen-bond acceptors (Lipinski definition) is 5. The number of hydrogen-bond donors (Lipinski definition) is 2. The molecule has 6 heteroatoms. The van der Waals surface area contributed by atoms with Crippen molar-refractivity contribution in [1.29, 1.82) is 0 Å².